The number of carboxylic acid groups (broad SMARTS) is 1. The molecule has 1 aromatic heterocycles. The van der Waals surface area contributed by atoms with Crippen LogP contribution >= 0.6 is 0 Å². The fraction of sp³-hybridized carbons (Fsp3) is 0.364. The zero-order valence-electron chi connectivity index (χ0n) is 9.47. The molecular weight excluding hydrogens is 224 g/mol. The van der Waals surface area contributed by atoms with Crippen LogP contribution in [0.15, 0.2) is 18.3 Å². The summed E-state index contributed by atoms with van der Waals surface area (Å²) in [7, 11) is 1.52. The van der Waals surface area contributed by atoms with Gasteiger partial charge in [0.15, 0.2) is 0 Å². The van der Waals surface area contributed by atoms with Gasteiger partial charge in [-0.25, -0.2) is 4.79 Å². The van der Waals surface area contributed by atoms with Crippen molar-refractivity contribution in [3.63, 3.8) is 0 Å². The number of ether oxygens (including phenoxy) is 1. The van der Waals surface area contributed by atoms with Crippen molar-refractivity contribution in [2.75, 3.05) is 13.7 Å². The van der Waals surface area contributed by atoms with E-state index in [-0.39, 0.29) is 24.4 Å². The summed E-state index contributed by atoms with van der Waals surface area (Å²) < 4.78 is 4.76. The highest BCUT2D eigenvalue weighted by Crippen LogP contribution is 2.01. The Balaban J connectivity index is 2.49. The standard InChI is InChI=1S/C11H14N2O4/c1-17-5-3-10(14)13-7-9-6-8(11(15)16)2-4-12-9/h2,4,6H,3,5,7H2,1H3,(H,13,14)(H,15,16). The normalized spacial score (nSPS) is 9.94. The third-order valence-corrected chi connectivity index (χ3v) is 2.06. The molecule has 0 saturated heterocycles. The second-order valence-electron chi connectivity index (χ2n) is 3.36. The molecule has 0 atom stereocenters. The lowest BCUT2D eigenvalue weighted by molar-refractivity contribution is -0.122. The molecule has 6 heteroatoms. The Labute approximate surface area is 98.6 Å². The van der Waals surface area contributed by atoms with Crippen LogP contribution in [0.3, 0.4) is 0 Å². The van der Waals surface area contributed by atoms with E-state index < -0.39 is 5.97 Å². The molecule has 0 aliphatic rings. The van der Waals surface area contributed by atoms with Crippen molar-refractivity contribution < 1.29 is 19.4 Å². The summed E-state index contributed by atoms with van der Waals surface area (Å²) in [5.41, 5.74) is 0.664. The van der Waals surface area contributed by atoms with E-state index in [0.717, 1.165) is 0 Å². The Hall–Kier alpha value is -1.95. The monoisotopic (exact) mass is 238 g/mol. The fourth-order valence-electron chi connectivity index (χ4n) is 1.18. The molecule has 6 nitrogen and oxygen atoms in total. The molecule has 1 rings (SSSR count). The molecule has 1 amide bonds. The molecule has 92 valence electrons. The first kappa shape index (κ1) is 13.1. The topological polar surface area (TPSA) is 88.5 Å². The van der Waals surface area contributed by atoms with Crippen molar-refractivity contribution in [3.8, 4) is 0 Å². The first-order valence-corrected chi connectivity index (χ1v) is 5.07. The SMILES string of the molecule is COCCC(=O)NCc1cc(C(=O)O)ccn1. The molecular formula is C11H14N2O4. The van der Waals surface area contributed by atoms with Gasteiger partial charge in [-0.2, -0.15) is 0 Å². The number of aromatic nitrogens is 1. The Morgan fingerprint density at radius 3 is 2.94 bits per heavy atom. The van der Waals surface area contributed by atoms with Gasteiger partial charge in [-0.1, -0.05) is 0 Å². The minimum Gasteiger partial charge on any atom is -0.478 e. The van der Waals surface area contributed by atoms with Gasteiger partial charge in [-0.05, 0) is 12.1 Å². The predicted molar refractivity (Wildman–Crippen MR) is 59.5 cm³/mol. The van der Waals surface area contributed by atoms with Crippen molar-refractivity contribution in [2.45, 2.75) is 13.0 Å². The summed E-state index contributed by atoms with van der Waals surface area (Å²) >= 11 is 0. The molecule has 0 unspecified atom stereocenters. The maximum Gasteiger partial charge on any atom is 0.335 e. The van der Waals surface area contributed by atoms with Gasteiger partial charge in [0.05, 0.1) is 24.4 Å². The summed E-state index contributed by atoms with van der Waals surface area (Å²) in [6.45, 7) is 0.568. The van der Waals surface area contributed by atoms with Crippen LogP contribution in [-0.4, -0.2) is 35.7 Å². The van der Waals surface area contributed by atoms with E-state index >= 15 is 0 Å². The van der Waals surface area contributed by atoms with Gasteiger partial charge in [-0.3, -0.25) is 9.78 Å². The van der Waals surface area contributed by atoms with Crippen LogP contribution in [0.5, 0.6) is 0 Å². The Morgan fingerprint density at radius 1 is 1.53 bits per heavy atom. The van der Waals surface area contributed by atoms with Crippen LogP contribution in [-0.2, 0) is 16.1 Å². The molecule has 0 radical (unpaired) electrons. The minimum atomic E-state index is -1.01. The van der Waals surface area contributed by atoms with Crippen molar-refractivity contribution in [3.05, 3.63) is 29.6 Å². The van der Waals surface area contributed by atoms with Crippen LogP contribution < -0.4 is 5.32 Å². The number of nitrogens with one attached hydrogen (secondary N) is 1. The molecule has 0 bridgehead atoms. The van der Waals surface area contributed by atoms with Gasteiger partial charge in [0.1, 0.15) is 0 Å². The van der Waals surface area contributed by atoms with Gasteiger partial charge in [0, 0.05) is 19.7 Å². The highest BCUT2D eigenvalue weighted by atomic mass is 16.5. The van der Waals surface area contributed by atoms with Crippen molar-refractivity contribution in [1.82, 2.24) is 10.3 Å². The molecule has 1 aromatic rings. The highest BCUT2D eigenvalue weighted by Gasteiger charge is 2.05. The summed E-state index contributed by atoms with van der Waals surface area (Å²) in [5, 5.41) is 11.4. The molecule has 0 spiro atoms. The number of hydrogen-bond acceptors (Lipinski definition) is 4. The lowest BCUT2D eigenvalue weighted by atomic mass is 10.2. The van der Waals surface area contributed by atoms with Gasteiger partial charge in [0.2, 0.25) is 5.91 Å². The number of carbonyl (C=O) groups excluding carboxylic acids is 1. The fourth-order valence-corrected chi connectivity index (χ4v) is 1.18. The van der Waals surface area contributed by atoms with Gasteiger partial charge in [0.25, 0.3) is 0 Å². The maximum absolute atomic E-state index is 11.3. The van der Waals surface area contributed by atoms with Gasteiger partial charge >= 0.3 is 5.97 Å². The summed E-state index contributed by atoms with van der Waals surface area (Å²) in [6, 6.07) is 2.83. The van der Waals surface area contributed by atoms with E-state index in [1.54, 1.807) is 0 Å². The van der Waals surface area contributed by atoms with E-state index in [4.69, 9.17) is 9.84 Å². The average molecular weight is 238 g/mol. The number of aromatic carboxylic acids is 1. The lowest BCUT2D eigenvalue weighted by Crippen LogP contribution is -2.24. The van der Waals surface area contributed by atoms with E-state index in [1.165, 1.54) is 25.4 Å². The number of hydrogen-bond donors (Lipinski definition) is 2. The molecule has 0 aliphatic heterocycles. The van der Waals surface area contributed by atoms with Crippen molar-refractivity contribution in [2.24, 2.45) is 0 Å². The highest BCUT2D eigenvalue weighted by molar-refractivity contribution is 5.87. The first-order valence-electron chi connectivity index (χ1n) is 5.07. The van der Waals surface area contributed by atoms with E-state index in [2.05, 4.69) is 10.3 Å². The number of nitrogens with zero attached hydrogens (tertiary/aromatic N) is 1. The third kappa shape index (κ3) is 4.60. The Bertz CT molecular complexity index is 406. The van der Waals surface area contributed by atoms with Crippen molar-refractivity contribution >= 4 is 11.9 Å². The first-order chi connectivity index (χ1) is 8.13. The number of methoxy groups -OCH3 is 1. The molecule has 2 N–H and O–H groups in total. The van der Waals surface area contributed by atoms with Gasteiger partial charge < -0.3 is 15.2 Å². The zero-order valence-corrected chi connectivity index (χ0v) is 9.47. The zero-order chi connectivity index (χ0) is 12.7. The molecule has 0 fully saturated rings. The van der Waals surface area contributed by atoms with E-state index in [9.17, 15) is 9.59 Å². The predicted octanol–water partition coefficient (Wildman–Crippen LogP) is 0.432. The Kier molecular flexibility index (Phi) is 5.09. The number of amides is 1. The number of carbonyl (C=O) groups is 2. The van der Waals surface area contributed by atoms with Gasteiger partial charge in [-0.15, -0.1) is 0 Å². The van der Waals surface area contributed by atoms with E-state index in [1.807, 2.05) is 0 Å². The summed E-state index contributed by atoms with van der Waals surface area (Å²) in [4.78, 5) is 25.9. The summed E-state index contributed by atoms with van der Waals surface area (Å²) in [5.74, 6) is -1.17. The molecule has 17 heavy (non-hydrogen) atoms. The van der Waals surface area contributed by atoms with Crippen LogP contribution in [0.2, 0.25) is 0 Å². The summed E-state index contributed by atoms with van der Waals surface area (Å²) in [6.07, 6.45) is 1.68. The van der Waals surface area contributed by atoms with Crippen molar-refractivity contribution in [1.29, 1.82) is 0 Å². The Morgan fingerprint density at radius 2 is 2.29 bits per heavy atom. The average Bonchev–Trinajstić information content (AvgIpc) is 2.34. The van der Waals surface area contributed by atoms with Crippen LogP contribution in [0.1, 0.15) is 22.5 Å². The number of pyridine rings is 1. The van der Waals surface area contributed by atoms with Crippen LogP contribution in [0.25, 0.3) is 0 Å². The largest absolute Gasteiger partial charge is 0.478 e. The lowest BCUT2D eigenvalue weighted by Gasteiger charge is -2.04. The molecule has 1 heterocycles. The quantitative estimate of drug-likeness (QED) is 0.750. The second kappa shape index (κ2) is 6.59. The molecule has 0 aromatic carbocycles. The second-order valence-corrected chi connectivity index (χ2v) is 3.36. The number of carboxylic acids is 1. The van der Waals surface area contributed by atoms with Crippen LogP contribution in [0, 0.1) is 0 Å². The third-order valence-electron chi connectivity index (χ3n) is 2.06. The van der Waals surface area contributed by atoms with E-state index in [0.29, 0.717) is 12.3 Å². The minimum absolute atomic E-state index is 0.154. The maximum atomic E-state index is 11.3. The molecule has 0 saturated carbocycles. The smallest absolute Gasteiger partial charge is 0.335 e. The molecule has 0 aliphatic carbocycles. The number of rotatable bonds is 6. The van der Waals surface area contributed by atoms with Crippen LogP contribution in [0.4, 0.5) is 0 Å².